The van der Waals surface area contributed by atoms with Crippen molar-refractivity contribution < 1.29 is 14.3 Å². The van der Waals surface area contributed by atoms with Gasteiger partial charge in [-0.25, -0.2) is 4.90 Å². The molecule has 2 heterocycles. The van der Waals surface area contributed by atoms with Crippen LogP contribution in [0.25, 0.3) is 0 Å². The SMILES string of the molecule is O=C1C[C@H](NC[C@H]2CCCO2)C(=O)N1c1ccc(Cl)cc1. The molecule has 2 fully saturated rings. The zero-order chi connectivity index (χ0) is 14.8. The number of nitrogens with one attached hydrogen (secondary N) is 1. The summed E-state index contributed by atoms with van der Waals surface area (Å²) in [6.45, 7) is 1.39. The predicted octanol–water partition coefficient (Wildman–Crippen LogP) is 1.74. The molecule has 2 aliphatic rings. The van der Waals surface area contributed by atoms with E-state index >= 15 is 0 Å². The van der Waals surface area contributed by atoms with Crippen LogP contribution in [0.2, 0.25) is 5.02 Å². The molecule has 1 aromatic rings. The van der Waals surface area contributed by atoms with E-state index in [9.17, 15) is 9.59 Å². The second kappa shape index (κ2) is 6.13. The fraction of sp³-hybridized carbons (Fsp3) is 0.467. The third-order valence-corrected chi connectivity index (χ3v) is 4.10. The Morgan fingerprint density at radius 2 is 2.05 bits per heavy atom. The molecule has 2 amide bonds. The van der Waals surface area contributed by atoms with Gasteiger partial charge in [0.1, 0.15) is 0 Å². The van der Waals surface area contributed by atoms with Crippen LogP contribution >= 0.6 is 11.6 Å². The van der Waals surface area contributed by atoms with Crippen LogP contribution in [0.4, 0.5) is 5.69 Å². The van der Waals surface area contributed by atoms with Crippen molar-refractivity contribution in [1.29, 1.82) is 0 Å². The molecule has 6 heteroatoms. The molecule has 1 N–H and O–H groups in total. The molecule has 0 bridgehead atoms. The van der Waals surface area contributed by atoms with Crippen molar-refractivity contribution in [2.75, 3.05) is 18.1 Å². The lowest BCUT2D eigenvalue weighted by atomic mass is 10.2. The molecular formula is C15H17ClN2O3. The molecule has 0 unspecified atom stereocenters. The number of rotatable bonds is 4. The van der Waals surface area contributed by atoms with Gasteiger partial charge in [0.15, 0.2) is 0 Å². The van der Waals surface area contributed by atoms with Crippen molar-refractivity contribution in [1.82, 2.24) is 5.32 Å². The van der Waals surface area contributed by atoms with Crippen LogP contribution in [0.1, 0.15) is 19.3 Å². The van der Waals surface area contributed by atoms with Crippen LogP contribution in [0.15, 0.2) is 24.3 Å². The van der Waals surface area contributed by atoms with Gasteiger partial charge in [-0.15, -0.1) is 0 Å². The van der Waals surface area contributed by atoms with Crippen molar-refractivity contribution in [2.24, 2.45) is 0 Å². The van der Waals surface area contributed by atoms with Gasteiger partial charge in [-0.05, 0) is 37.1 Å². The van der Waals surface area contributed by atoms with Gasteiger partial charge in [-0.3, -0.25) is 9.59 Å². The molecule has 0 saturated carbocycles. The molecular weight excluding hydrogens is 292 g/mol. The lowest BCUT2D eigenvalue weighted by Gasteiger charge is -2.17. The number of carbonyl (C=O) groups is 2. The molecule has 0 aliphatic carbocycles. The summed E-state index contributed by atoms with van der Waals surface area (Å²) in [5, 5.41) is 3.73. The number of carbonyl (C=O) groups excluding carboxylic acids is 2. The van der Waals surface area contributed by atoms with Crippen molar-refractivity contribution >= 4 is 29.1 Å². The number of hydrogen-bond acceptors (Lipinski definition) is 4. The van der Waals surface area contributed by atoms with Crippen LogP contribution < -0.4 is 10.2 Å². The van der Waals surface area contributed by atoms with E-state index < -0.39 is 6.04 Å². The van der Waals surface area contributed by atoms with Gasteiger partial charge in [0.05, 0.1) is 24.3 Å². The number of amides is 2. The largest absolute Gasteiger partial charge is 0.377 e. The van der Waals surface area contributed by atoms with Crippen molar-refractivity contribution in [3.63, 3.8) is 0 Å². The molecule has 112 valence electrons. The molecule has 0 spiro atoms. The van der Waals surface area contributed by atoms with Gasteiger partial charge in [-0.2, -0.15) is 0 Å². The molecule has 2 aliphatic heterocycles. The Kier molecular flexibility index (Phi) is 4.24. The maximum atomic E-state index is 12.4. The lowest BCUT2D eigenvalue weighted by molar-refractivity contribution is -0.121. The average molecular weight is 309 g/mol. The number of ether oxygens (including phenoxy) is 1. The minimum atomic E-state index is -0.461. The normalized spacial score (nSPS) is 25.9. The fourth-order valence-corrected chi connectivity index (χ4v) is 2.86. The molecule has 5 nitrogen and oxygen atoms in total. The zero-order valence-corrected chi connectivity index (χ0v) is 12.3. The number of anilines is 1. The van der Waals surface area contributed by atoms with E-state index in [1.807, 2.05) is 0 Å². The molecule has 0 radical (unpaired) electrons. The summed E-state index contributed by atoms with van der Waals surface area (Å²) in [4.78, 5) is 25.7. The number of halogens is 1. The highest BCUT2D eigenvalue weighted by Gasteiger charge is 2.39. The molecule has 3 rings (SSSR count). The zero-order valence-electron chi connectivity index (χ0n) is 11.5. The van der Waals surface area contributed by atoms with Gasteiger partial charge < -0.3 is 10.1 Å². The second-order valence-electron chi connectivity index (χ2n) is 5.34. The van der Waals surface area contributed by atoms with Gasteiger partial charge >= 0.3 is 0 Å². The lowest BCUT2D eigenvalue weighted by Crippen LogP contribution is -2.41. The maximum Gasteiger partial charge on any atom is 0.251 e. The molecule has 1 aromatic carbocycles. The first-order chi connectivity index (χ1) is 10.1. The summed E-state index contributed by atoms with van der Waals surface area (Å²) in [6.07, 6.45) is 2.40. The summed E-state index contributed by atoms with van der Waals surface area (Å²) in [6, 6.07) is 6.24. The van der Waals surface area contributed by atoms with E-state index in [0.717, 1.165) is 19.4 Å². The Bertz CT molecular complexity index is 540. The highest BCUT2D eigenvalue weighted by Crippen LogP contribution is 2.24. The van der Waals surface area contributed by atoms with Crippen molar-refractivity contribution in [3.05, 3.63) is 29.3 Å². The Hall–Kier alpha value is -1.43. The molecule has 2 atom stereocenters. The quantitative estimate of drug-likeness (QED) is 0.861. The van der Waals surface area contributed by atoms with Gasteiger partial charge in [0.2, 0.25) is 5.91 Å². The molecule has 21 heavy (non-hydrogen) atoms. The van der Waals surface area contributed by atoms with E-state index in [1.54, 1.807) is 24.3 Å². The third kappa shape index (κ3) is 3.10. The van der Waals surface area contributed by atoms with E-state index in [2.05, 4.69) is 5.32 Å². The van der Waals surface area contributed by atoms with Crippen LogP contribution in [0.3, 0.4) is 0 Å². The number of nitrogens with zero attached hydrogens (tertiary/aromatic N) is 1. The highest BCUT2D eigenvalue weighted by molar-refractivity contribution is 6.30. The van der Waals surface area contributed by atoms with Crippen molar-refractivity contribution in [3.8, 4) is 0 Å². The monoisotopic (exact) mass is 308 g/mol. The Labute approximate surface area is 128 Å². The van der Waals surface area contributed by atoms with Gasteiger partial charge in [0.25, 0.3) is 5.91 Å². The topological polar surface area (TPSA) is 58.6 Å². The third-order valence-electron chi connectivity index (χ3n) is 3.85. The summed E-state index contributed by atoms with van der Waals surface area (Å²) in [7, 11) is 0. The highest BCUT2D eigenvalue weighted by atomic mass is 35.5. The van der Waals surface area contributed by atoms with Crippen LogP contribution in [-0.4, -0.2) is 37.1 Å². The summed E-state index contributed by atoms with van der Waals surface area (Å²) in [5.74, 6) is -0.396. The standard InChI is InChI=1S/C15H17ClN2O3/c16-10-3-5-11(6-4-10)18-14(19)8-13(15(18)20)17-9-12-2-1-7-21-12/h3-6,12-13,17H,1-2,7-9H2/t12-,13+/m1/s1. The van der Waals surface area contributed by atoms with Gasteiger partial charge in [-0.1, -0.05) is 11.6 Å². The smallest absolute Gasteiger partial charge is 0.251 e. The average Bonchev–Trinajstić information content (AvgIpc) is 3.07. The fourth-order valence-electron chi connectivity index (χ4n) is 2.73. The summed E-state index contributed by atoms with van der Waals surface area (Å²) in [5.41, 5.74) is 0.566. The Morgan fingerprint density at radius 3 is 2.71 bits per heavy atom. The first-order valence-electron chi connectivity index (χ1n) is 7.12. The minimum Gasteiger partial charge on any atom is -0.377 e. The summed E-state index contributed by atoms with van der Waals surface area (Å²) >= 11 is 5.83. The Balaban J connectivity index is 1.65. The maximum absolute atomic E-state index is 12.4. The number of benzene rings is 1. The minimum absolute atomic E-state index is 0.150. The first kappa shape index (κ1) is 14.5. The van der Waals surface area contributed by atoms with E-state index in [1.165, 1.54) is 4.90 Å². The molecule has 0 aromatic heterocycles. The van der Waals surface area contributed by atoms with Crippen molar-refractivity contribution in [2.45, 2.75) is 31.4 Å². The van der Waals surface area contributed by atoms with Crippen LogP contribution in [-0.2, 0) is 14.3 Å². The first-order valence-corrected chi connectivity index (χ1v) is 7.50. The van der Waals surface area contributed by atoms with Gasteiger partial charge in [0, 0.05) is 18.2 Å². The van der Waals surface area contributed by atoms with Crippen LogP contribution in [0, 0.1) is 0 Å². The number of hydrogen-bond donors (Lipinski definition) is 1. The number of imide groups is 1. The predicted molar refractivity (Wildman–Crippen MR) is 79.3 cm³/mol. The van der Waals surface area contributed by atoms with E-state index in [-0.39, 0.29) is 24.3 Å². The Morgan fingerprint density at radius 1 is 1.29 bits per heavy atom. The van der Waals surface area contributed by atoms with E-state index in [4.69, 9.17) is 16.3 Å². The second-order valence-corrected chi connectivity index (χ2v) is 5.78. The molecule has 2 saturated heterocycles. The summed E-state index contributed by atoms with van der Waals surface area (Å²) < 4.78 is 5.51. The van der Waals surface area contributed by atoms with E-state index in [0.29, 0.717) is 17.3 Å². The van der Waals surface area contributed by atoms with Crippen LogP contribution in [0.5, 0.6) is 0 Å².